The van der Waals surface area contributed by atoms with Gasteiger partial charge in [0, 0.05) is 29.1 Å². The predicted molar refractivity (Wildman–Crippen MR) is 106 cm³/mol. The Hall–Kier alpha value is -3.67. The highest BCUT2D eigenvalue weighted by molar-refractivity contribution is 6.03. The summed E-state index contributed by atoms with van der Waals surface area (Å²) in [6, 6.07) is 18.2. The summed E-state index contributed by atoms with van der Waals surface area (Å²) in [7, 11) is 1.63. The van der Waals surface area contributed by atoms with E-state index in [1.807, 2.05) is 36.4 Å². The second-order valence-electron chi connectivity index (χ2n) is 5.86. The van der Waals surface area contributed by atoms with Gasteiger partial charge in [-0.05, 0) is 41.8 Å². The maximum Gasteiger partial charge on any atom is 0.271 e. The van der Waals surface area contributed by atoms with Gasteiger partial charge in [-0.25, -0.2) is 5.43 Å². The Morgan fingerprint density at radius 2 is 1.67 bits per heavy atom. The monoisotopic (exact) mass is 361 g/mol. The van der Waals surface area contributed by atoms with Crippen molar-refractivity contribution in [1.29, 1.82) is 0 Å². The normalized spacial score (nSPS) is 10.7. The predicted octanol–water partition coefficient (Wildman–Crippen LogP) is 3.57. The zero-order chi connectivity index (χ0) is 19.2. The van der Waals surface area contributed by atoms with Gasteiger partial charge in [-0.3, -0.25) is 9.59 Å². The van der Waals surface area contributed by atoms with Gasteiger partial charge in [0.25, 0.3) is 5.91 Å². The van der Waals surface area contributed by atoms with Gasteiger partial charge < -0.3 is 10.1 Å². The summed E-state index contributed by atoms with van der Waals surface area (Å²) in [5.41, 5.74) is 4.46. The van der Waals surface area contributed by atoms with Gasteiger partial charge in [0.15, 0.2) is 0 Å². The van der Waals surface area contributed by atoms with Crippen molar-refractivity contribution in [2.24, 2.45) is 5.10 Å². The Morgan fingerprint density at radius 3 is 2.33 bits per heavy atom. The van der Waals surface area contributed by atoms with Crippen molar-refractivity contribution >= 4 is 34.5 Å². The fraction of sp³-hybridized carbons (Fsp3) is 0.0952. The Balaban J connectivity index is 1.73. The van der Waals surface area contributed by atoms with Crippen molar-refractivity contribution in [2.45, 2.75) is 6.92 Å². The molecule has 0 unspecified atom stereocenters. The first-order chi connectivity index (χ1) is 13.1. The van der Waals surface area contributed by atoms with Crippen molar-refractivity contribution in [2.75, 3.05) is 12.4 Å². The number of benzene rings is 3. The van der Waals surface area contributed by atoms with Crippen molar-refractivity contribution in [3.8, 4) is 5.75 Å². The van der Waals surface area contributed by atoms with E-state index in [1.54, 1.807) is 37.6 Å². The maximum absolute atomic E-state index is 12.2. The largest absolute Gasteiger partial charge is 0.496 e. The minimum Gasteiger partial charge on any atom is -0.496 e. The van der Waals surface area contributed by atoms with E-state index in [9.17, 15) is 9.59 Å². The third kappa shape index (κ3) is 4.30. The van der Waals surface area contributed by atoms with E-state index in [0.29, 0.717) is 11.3 Å². The Morgan fingerprint density at radius 1 is 0.963 bits per heavy atom. The van der Waals surface area contributed by atoms with Gasteiger partial charge >= 0.3 is 0 Å². The van der Waals surface area contributed by atoms with Gasteiger partial charge in [-0.15, -0.1) is 0 Å². The van der Waals surface area contributed by atoms with E-state index in [1.165, 1.54) is 6.92 Å². The average Bonchev–Trinajstić information content (AvgIpc) is 2.68. The SMILES string of the molecule is COc1ccc(/C=N/NC(=O)c2ccc(NC(C)=O)cc2)c2ccccc12. The van der Waals surface area contributed by atoms with Crippen LogP contribution in [0.25, 0.3) is 10.8 Å². The van der Waals surface area contributed by atoms with Crippen LogP contribution in [0.1, 0.15) is 22.8 Å². The van der Waals surface area contributed by atoms with Crippen molar-refractivity contribution in [1.82, 2.24) is 5.43 Å². The molecule has 0 aromatic heterocycles. The smallest absolute Gasteiger partial charge is 0.271 e. The Labute approximate surface area is 156 Å². The molecular formula is C21H19N3O3. The standard InChI is InChI=1S/C21H19N3O3/c1-14(25)23-17-10-7-15(8-11-17)21(26)24-22-13-16-9-12-20(27-2)19-6-4-3-5-18(16)19/h3-13H,1-2H3,(H,23,25)(H,24,26)/b22-13+. The number of ether oxygens (including phenoxy) is 1. The molecule has 0 radical (unpaired) electrons. The number of amides is 2. The molecule has 0 spiro atoms. The molecule has 0 aliphatic rings. The van der Waals surface area contributed by atoms with Crippen LogP contribution in [0.15, 0.2) is 65.8 Å². The lowest BCUT2D eigenvalue weighted by molar-refractivity contribution is -0.114. The number of hydrogen-bond donors (Lipinski definition) is 2. The molecule has 0 heterocycles. The molecule has 0 aliphatic heterocycles. The van der Waals surface area contributed by atoms with Crippen LogP contribution in [0.3, 0.4) is 0 Å². The molecule has 3 aromatic carbocycles. The van der Waals surface area contributed by atoms with Gasteiger partial charge in [0.1, 0.15) is 5.75 Å². The number of anilines is 1. The highest BCUT2D eigenvalue weighted by Crippen LogP contribution is 2.27. The van der Waals surface area contributed by atoms with Crippen LogP contribution in [-0.2, 0) is 4.79 Å². The van der Waals surface area contributed by atoms with Gasteiger partial charge in [-0.1, -0.05) is 24.3 Å². The molecular weight excluding hydrogens is 342 g/mol. The molecule has 6 heteroatoms. The molecule has 2 N–H and O–H groups in total. The second-order valence-corrected chi connectivity index (χ2v) is 5.86. The average molecular weight is 361 g/mol. The molecule has 3 rings (SSSR count). The summed E-state index contributed by atoms with van der Waals surface area (Å²) in [6.45, 7) is 1.43. The lowest BCUT2D eigenvalue weighted by Crippen LogP contribution is -2.17. The number of carbonyl (C=O) groups excluding carboxylic acids is 2. The number of rotatable bonds is 5. The minimum absolute atomic E-state index is 0.163. The highest BCUT2D eigenvalue weighted by atomic mass is 16.5. The van der Waals surface area contributed by atoms with Crippen LogP contribution in [0.5, 0.6) is 5.75 Å². The quantitative estimate of drug-likeness (QED) is 0.538. The third-order valence-corrected chi connectivity index (χ3v) is 3.97. The Bertz CT molecular complexity index is 1010. The molecule has 0 saturated heterocycles. The zero-order valence-corrected chi connectivity index (χ0v) is 15.0. The van der Waals surface area contributed by atoms with Crippen LogP contribution in [-0.4, -0.2) is 25.1 Å². The molecule has 0 bridgehead atoms. The van der Waals surface area contributed by atoms with Gasteiger partial charge in [0.2, 0.25) is 5.91 Å². The molecule has 0 saturated carbocycles. The van der Waals surface area contributed by atoms with Crippen LogP contribution < -0.4 is 15.5 Å². The molecule has 136 valence electrons. The second kappa shape index (κ2) is 8.14. The summed E-state index contributed by atoms with van der Waals surface area (Å²) < 4.78 is 5.38. The summed E-state index contributed by atoms with van der Waals surface area (Å²) in [6.07, 6.45) is 1.60. The molecule has 27 heavy (non-hydrogen) atoms. The first kappa shape index (κ1) is 18.1. The summed E-state index contributed by atoms with van der Waals surface area (Å²) in [4.78, 5) is 23.2. The number of nitrogens with zero attached hydrogens (tertiary/aromatic N) is 1. The van der Waals surface area contributed by atoms with Crippen molar-refractivity contribution in [3.63, 3.8) is 0 Å². The summed E-state index contributed by atoms with van der Waals surface area (Å²) in [5.74, 6) is 0.285. The first-order valence-corrected chi connectivity index (χ1v) is 8.35. The lowest BCUT2D eigenvalue weighted by Gasteiger charge is -2.07. The molecule has 0 aliphatic carbocycles. The van der Waals surface area contributed by atoms with E-state index in [2.05, 4.69) is 15.8 Å². The molecule has 2 amide bonds. The number of carbonyl (C=O) groups is 2. The number of fused-ring (bicyclic) bond motifs is 1. The zero-order valence-electron chi connectivity index (χ0n) is 15.0. The summed E-state index contributed by atoms with van der Waals surface area (Å²) >= 11 is 0. The Kier molecular flexibility index (Phi) is 5.47. The molecule has 0 fully saturated rings. The van der Waals surface area contributed by atoms with Crippen LogP contribution in [0.2, 0.25) is 0 Å². The molecule has 6 nitrogen and oxygen atoms in total. The van der Waals surface area contributed by atoms with E-state index in [-0.39, 0.29) is 11.8 Å². The van der Waals surface area contributed by atoms with E-state index >= 15 is 0 Å². The van der Waals surface area contributed by atoms with E-state index in [0.717, 1.165) is 22.1 Å². The minimum atomic E-state index is -0.335. The van der Waals surface area contributed by atoms with Gasteiger partial charge in [-0.2, -0.15) is 5.10 Å². The number of methoxy groups -OCH3 is 1. The van der Waals surface area contributed by atoms with Crippen LogP contribution >= 0.6 is 0 Å². The first-order valence-electron chi connectivity index (χ1n) is 8.35. The topological polar surface area (TPSA) is 79.8 Å². The van der Waals surface area contributed by atoms with Gasteiger partial charge in [0.05, 0.1) is 13.3 Å². The van der Waals surface area contributed by atoms with E-state index < -0.39 is 0 Å². The van der Waals surface area contributed by atoms with E-state index in [4.69, 9.17) is 4.74 Å². The fourth-order valence-electron chi connectivity index (χ4n) is 2.72. The summed E-state index contributed by atoms with van der Waals surface area (Å²) in [5, 5.41) is 8.67. The van der Waals surface area contributed by atoms with Crippen LogP contribution in [0, 0.1) is 0 Å². The van der Waals surface area contributed by atoms with Crippen molar-refractivity contribution < 1.29 is 14.3 Å². The van der Waals surface area contributed by atoms with Crippen LogP contribution in [0.4, 0.5) is 5.69 Å². The number of nitrogens with one attached hydrogen (secondary N) is 2. The number of hydrazone groups is 1. The maximum atomic E-state index is 12.2. The third-order valence-electron chi connectivity index (χ3n) is 3.97. The highest BCUT2D eigenvalue weighted by Gasteiger charge is 2.06. The van der Waals surface area contributed by atoms with Crippen molar-refractivity contribution in [3.05, 3.63) is 71.8 Å². The molecule has 3 aromatic rings. The lowest BCUT2D eigenvalue weighted by atomic mass is 10.0. The molecule has 0 atom stereocenters. The fourth-order valence-corrected chi connectivity index (χ4v) is 2.72. The number of hydrogen-bond acceptors (Lipinski definition) is 4.